The molecule has 1 saturated heterocycles. The minimum atomic E-state index is -0.782. The lowest BCUT2D eigenvalue weighted by Crippen LogP contribution is -2.37. The lowest BCUT2D eigenvalue weighted by atomic mass is 10.0. The minimum Gasteiger partial charge on any atom is -0.480 e. The fraction of sp³-hybridized carbons (Fsp3) is 0.833. The van der Waals surface area contributed by atoms with Crippen molar-refractivity contribution in [2.24, 2.45) is 0 Å². The zero-order valence-electron chi connectivity index (χ0n) is 5.47. The second-order valence-corrected chi connectivity index (χ2v) is 3.90. The molecule has 1 aliphatic heterocycles. The van der Waals surface area contributed by atoms with Gasteiger partial charge >= 0.3 is 5.97 Å². The van der Waals surface area contributed by atoms with Gasteiger partial charge in [-0.1, -0.05) is 15.9 Å². The number of carbonyl (C=O) groups is 1. The van der Waals surface area contributed by atoms with E-state index in [1.165, 1.54) is 0 Å². The summed E-state index contributed by atoms with van der Waals surface area (Å²) in [6.07, 6.45) is 1.12. The Morgan fingerprint density at radius 3 is 2.30 bits per heavy atom. The molecule has 0 aromatic carbocycles. The second kappa shape index (κ2) is 2.88. The molecule has 1 rings (SSSR count). The lowest BCUT2D eigenvalue weighted by molar-refractivity contribution is -0.142. The molecule has 0 aromatic heterocycles. The van der Waals surface area contributed by atoms with E-state index in [1.807, 2.05) is 0 Å². The summed E-state index contributed by atoms with van der Waals surface area (Å²) in [7, 11) is 0. The van der Waals surface area contributed by atoms with Crippen LogP contribution in [0.1, 0.15) is 12.8 Å². The molecule has 1 heterocycles. The highest BCUT2D eigenvalue weighted by Gasteiger charge is 2.37. The van der Waals surface area contributed by atoms with Crippen LogP contribution in [0.15, 0.2) is 0 Å². The molecule has 0 atom stereocenters. The number of carboxylic acid groups (broad SMARTS) is 1. The van der Waals surface area contributed by atoms with Crippen molar-refractivity contribution in [3.05, 3.63) is 0 Å². The largest absolute Gasteiger partial charge is 0.480 e. The number of rotatable bonds is 1. The zero-order valence-corrected chi connectivity index (χ0v) is 7.06. The Morgan fingerprint density at radius 1 is 1.50 bits per heavy atom. The van der Waals surface area contributed by atoms with Crippen LogP contribution in [0.2, 0.25) is 0 Å². The van der Waals surface area contributed by atoms with Crippen LogP contribution in [0.25, 0.3) is 0 Å². The van der Waals surface area contributed by atoms with Gasteiger partial charge in [0, 0.05) is 13.2 Å². The Hall–Kier alpha value is -0.0900. The van der Waals surface area contributed by atoms with Crippen LogP contribution in [0.4, 0.5) is 0 Å². The Kier molecular flexibility index (Phi) is 2.31. The van der Waals surface area contributed by atoms with Crippen molar-refractivity contribution in [1.82, 2.24) is 0 Å². The topological polar surface area (TPSA) is 46.5 Å². The molecular weight excluding hydrogens is 200 g/mol. The zero-order chi connectivity index (χ0) is 7.61. The molecule has 0 bridgehead atoms. The van der Waals surface area contributed by atoms with Crippen molar-refractivity contribution in [1.29, 1.82) is 0 Å². The molecule has 0 unspecified atom stereocenters. The number of carboxylic acids is 1. The average molecular weight is 209 g/mol. The van der Waals surface area contributed by atoms with Gasteiger partial charge < -0.3 is 9.84 Å². The molecular formula is C6H9BrO3. The van der Waals surface area contributed by atoms with Crippen molar-refractivity contribution in [2.75, 3.05) is 13.2 Å². The summed E-state index contributed by atoms with van der Waals surface area (Å²) in [5.41, 5.74) is 0. The van der Waals surface area contributed by atoms with Crippen molar-refractivity contribution < 1.29 is 14.6 Å². The molecule has 3 nitrogen and oxygen atoms in total. The highest BCUT2D eigenvalue weighted by atomic mass is 79.9. The first-order valence-electron chi connectivity index (χ1n) is 3.15. The van der Waals surface area contributed by atoms with Crippen LogP contribution in [0, 0.1) is 0 Å². The standard InChI is InChI=1S/C6H9BrO3/c7-6(5(8)9)1-3-10-4-2-6/h1-4H2,(H,8,9). The summed E-state index contributed by atoms with van der Waals surface area (Å²) in [6, 6.07) is 0. The maximum Gasteiger partial charge on any atom is 0.320 e. The Bertz CT molecular complexity index is 140. The summed E-state index contributed by atoms with van der Waals surface area (Å²) < 4.78 is 4.30. The quantitative estimate of drug-likeness (QED) is 0.655. The first kappa shape index (κ1) is 8.01. The molecule has 0 spiro atoms. The molecule has 1 N–H and O–H groups in total. The van der Waals surface area contributed by atoms with Crippen LogP contribution < -0.4 is 0 Å². The SMILES string of the molecule is O=C(O)C1(Br)CCOCC1. The van der Waals surface area contributed by atoms with Crippen LogP contribution >= 0.6 is 15.9 Å². The van der Waals surface area contributed by atoms with Gasteiger partial charge in [0.25, 0.3) is 0 Å². The molecule has 0 aliphatic carbocycles. The van der Waals surface area contributed by atoms with Gasteiger partial charge in [0.15, 0.2) is 0 Å². The van der Waals surface area contributed by atoms with Gasteiger partial charge in [-0.05, 0) is 12.8 Å². The highest BCUT2D eigenvalue weighted by Crippen LogP contribution is 2.30. The van der Waals surface area contributed by atoms with E-state index in [0.29, 0.717) is 26.1 Å². The van der Waals surface area contributed by atoms with Gasteiger partial charge in [-0.3, -0.25) is 4.79 Å². The smallest absolute Gasteiger partial charge is 0.320 e. The second-order valence-electron chi connectivity index (χ2n) is 2.38. The highest BCUT2D eigenvalue weighted by molar-refractivity contribution is 9.10. The Balaban J connectivity index is 2.56. The van der Waals surface area contributed by atoms with Gasteiger partial charge in [0.05, 0.1) is 0 Å². The van der Waals surface area contributed by atoms with E-state index in [-0.39, 0.29) is 0 Å². The van der Waals surface area contributed by atoms with E-state index in [0.717, 1.165) is 0 Å². The fourth-order valence-corrected chi connectivity index (χ4v) is 1.23. The normalized spacial score (nSPS) is 24.1. The maximum absolute atomic E-state index is 10.6. The lowest BCUT2D eigenvalue weighted by Gasteiger charge is -2.26. The number of ether oxygens (including phenoxy) is 1. The molecule has 10 heavy (non-hydrogen) atoms. The van der Waals surface area contributed by atoms with Crippen molar-refractivity contribution in [3.63, 3.8) is 0 Å². The van der Waals surface area contributed by atoms with E-state index in [9.17, 15) is 4.79 Å². The molecule has 4 heteroatoms. The first-order chi connectivity index (χ1) is 4.65. The summed E-state index contributed by atoms with van der Waals surface area (Å²) >= 11 is 3.18. The molecule has 0 amide bonds. The van der Waals surface area contributed by atoms with Crippen LogP contribution in [-0.2, 0) is 9.53 Å². The monoisotopic (exact) mass is 208 g/mol. The number of alkyl halides is 1. The third-order valence-electron chi connectivity index (χ3n) is 1.67. The van der Waals surface area contributed by atoms with Gasteiger partial charge in [-0.25, -0.2) is 0 Å². The number of halogens is 1. The minimum absolute atomic E-state index is 0.539. The molecule has 0 radical (unpaired) electrons. The molecule has 0 saturated carbocycles. The molecule has 0 aromatic rings. The number of aliphatic carboxylic acids is 1. The predicted molar refractivity (Wildman–Crippen MR) is 39.3 cm³/mol. The van der Waals surface area contributed by atoms with E-state index >= 15 is 0 Å². The van der Waals surface area contributed by atoms with Gasteiger partial charge in [0.2, 0.25) is 0 Å². The van der Waals surface area contributed by atoms with E-state index in [1.54, 1.807) is 0 Å². The third kappa shape index (κ3) is 1.49. The Labute approximate surface area is 67.5 Å². The number of hydrogen-bond acceptors (Lipinski definition) is 2. The average Bonchev–Trinajstić information content (AvgIpc) is 1.89. The van der Waals surface area contributed by atoms with E-state index < -0.39 is 10.3 Å². The predicted octanol–water partition coefficient (Wildman–Crippen LogP) is 1.02. The van der Waals surface area contributed by atoms with Gasteiger partial charge in [-0.2, -0.15) is 0 Å². The summed E-state index contributed by atoms with van der Waals surface area (Å²) in [5, 5.41) is 8.70. The van der Waals surface area contributed by atoms with Crippen molar-refractivity contribution in [2.45, 2.75) is 17.2 Å². The molecule has 58 valence electrons. The summed E-state index contributed by atoms with van der Waals surface area (Å²) in [6.45, 7) is 1.08. The summed E-state index contributed by atoms with van der Waals surface area (Å²) in [4.78, 5) is 10.6. The molecule has 1 fully saturated rings. The van der Waals surface area contributed by atoms with Crippen molar-refractivity contribution in [3.8, 4) is 0 Å². The fourth-order valence-electron chi connectivity index (χ4n) is 0.909. The maximum atomic E-state index is 10.6. The van der Waals surface area contributed by atoms with E-state index in [2.05, 4.69) is 15.9 Å². The van der Waals surface area contributed by atoms with Crippen LogP contribution in [0.5, 0.6) is 0 Å². The van der Waals surface area contributed by atoms with E-state index in [4.69, 9.17) is 9.84 Å². The van der Waals surface area contributed by atoms with Crippen LogP contribution in [-0.4, -0.2) is 28.6 Å². The first-order valence-corrected chi connectivity index (χ1v) is 3.94. The van der Waals surface area contributed by atoms with Crippen molar-refractivity contribution >= 4 is 21.9 Å². The van der Waals surface area contributed by atoms with Crippen LogP contribution in [0.3, 0.4) is 0 Å². The van der Waals surface area contributed by atoms with Gasteiger partial charge in [-0.15, -0.1) is 0 Å². The van der Waals surface area contributed by atoms with Gasteiger partial charge in [0.1, 0.15) is 4.32 Å². The molecule has 1 aliphatic rings. The summed E-state index contributed by atoms with van der Waals surface area (Å²) in [5.74, 6) is -0.782. The Morgan fingerprint density at radius 2 is 2.00 bits per heavy atom. The number of hydrogen-bond donors (Lipinski definition) is 1. The third-order valence-corrected chi connectivity index (χ3v) is 2.80.